The summed E-state index contributed by atoms with van der Waals surface area (Å²) in [6.45, 7) is 1.52. The van der Waals surface area contributed by atoms with Gasteiger partial charge in [-0.15, -0.1) is 0 Å². The van der Waals surface area contributed by atoms with Gasteiger partial charge in [-0.05, 0) is 19.1 Å². The van der Waals surface area contributed by atoms with Gasteiger partial charge in [0.2, 0.25) is 0 Å². The third-order valence-electron chi connectivity index (χ3n) is 2.73. The van der Waals surface area contributed by atoms with E-state index in [1.54, 1.807) is 37.0 Å². The lowest BCUT2D eigenvalue weighted by molar-refractivity contribution is 0.101. The summed E-state index contributed by atoms with van der Waals surface area (Å²) in [6, 6.07) is 5.14. The second kappa shape index (κ2) is 3.08. The summed E-state index contributed by atoms with van der Waals surface area (Å²) in [4.78, 5) is 22.9. The molecule has 0 bridgehead atoms. The van der Waals surface area contributed by atoms with Gasteiger partial charge in [-0.1, -0.05) is 6.07 Å². The van der Waals surface area contributed by atoms with Gasteiger partial charge in [0.05, 0.1) is 10.9 Å². The predicted molar refractivity (Wildman–Crippen MR) is 58.2 cm³/mol. The first-order valence-electron chi connectivity index (χ1n) is 4.69. The number of fused-ring (bicyclic) bond motifs is 1. The van der Waals surface area contributed by atoms with Gasteiger partial charge in [0.1, 0.15) is 0 Å². The number of hydrogen-bond acceptors (Lipinski definition) is 2. The Morgan fingerprint density at radius 2 is 1.87 bits per heavy atom. The average molecular weight is 204 g/mol. The van der Waals surface area contributed by atoms with Crippen molar-refractivity contribution in [1.82, 2.24) is 9.36 Å². The molecule has 1 aromatic carbocycles. The van der Waals surface area contributed by atoms with E-state index in [-0.39, 0.29) is 11.3 Å². The maximum absolute atomic E-state index is 11.7. The van der Waals surface area contributed by atoms with Gasteiger partial charge in [-0.3, -0.25) is 19.0 Å². The normalized spacial score (nSPS) is 10.9. The molecule has 1 aromatic heterocycles. The fourth-order valence-electron chi connectivity index (χ4n) is 1.67. The van der Waals surface area contributed by atoms with Crippen molar-refractivity contribution in [1.29, 1.82) is 0 Å². The van der Waals surface area contributed by atoms with E-state index < -0.39 is 0 Å². The van der Waals surface area contributed by atoms with Crippen LogP contribution in [0.1, 0.15) is 17.3 Å². The molecule has 0 saturated carbocycles. The molecule has 0 aliphatic heterocycles. The molecule has 78 valence electrons. The van der Waals surface area contributed by atoms with Crippen molar-refractivity contribution in [3.8, 4) is 0 Å². The number of carbonyl (C=O) groups excluding carboxylic acids is 1. The Bertz CT molecular complexity index is 605. The van der Waals surface area contributed by atoms with Crippen LogP contribution in [-0.2, 0) is 14.1 Å². The Morgan fingerprint density at radius 1 is 1.20 bits per heavy atom. The lowest BCUT2D eigenvalue weighted by Crippen LogP contribution is -2.16. The van der Waals surface area contributed by atoms with Crippen LogP contribution in [0.4, 0.5) is 0 Å². The minimum atomic E-state index is -0.0393. The van der Waals surface area contributed by atoms with Crippen LogP contribution in [0.15, 0.2) is 23.0 Å². The van der Waals surface area contributed by atoms with E-state index in [2.05, 4.69) is 0 Å². The summed E-state index contributed by atoms with van der Waals surface area (Å²) >= 11 is 0. The number of aryl methyl sites for hydroxylation is 1. The SMILES string of the molecule is CC(=O)c1ccc2c(=O)n(C)n(C)c2c1. The molecule has 2 aromatic rings. The Morgan fingerprint density at radius 3 is 2.47 bits per heavy atom. The van der Waals surface area contributed by atoms with Crippen LogP contribution >= 0.6 is 0 Å². The number of aromatic nitrogens is 2. The smallest absolute Gasteiger partial charge is 0.274 e. The second-order valence-electron chi connectivity index (χ2n) is 3.64. The van der Waals surface area contributed by atoms with Crippen molar-refractivity contribution in [3.63, 3.8) is 0 Å². The lowest BCUT2D eigenvalue weighted by atomic mass is 10.1. The maximum atomic E-state index is 11.7. The molecule has 4 nitrogen and oxygen atoms in total. The van der Waals surface area contributed by atoms with E-state index in [0.717, 1.165) is 5.52 Å². The summed E-state index contributed by atoms with van der Waals surface area (Å²) < 4.78 is 3.26. The van der Waals surface area contributed by atoms with Crippen LogP contribution in [0.25, 0.3) is 10.9 Å². The van der Waals surface area contributed by atoms with Crippen molar-refractivity contribution in [2.24, 2.45) is 14.1 Å². The van der Waals surface area contributed by atoms with Gasteiger partial charge >= 0.3 is 0 Å². The van der Waals surface area contributed by atoms with E-state index in [1.165, 1.54) is 11.6 Å². The third-order valence-corrected chi connectivity index (χ3v) is 2.73. The molecule has 2 rings (SSSR count). The van der Waals surface area contributed by atoms with E-state index in [1.807, 2.05) is 0 Å². The highest BCUT2D eigenvalue weighted by atomic mass is 16.1. The third kappa shape index (κ3) is 1.29. The molecule has 1 heterocycles. The molecule has 4 heteroatoms. The molecule has 0 aliphatic carbocycles. The highest BCUT2D eigenvalue weighted by molar-refractivity contribution is 5.97. The van der Waals surface area contributed by atoms with E-state index in [4.69, 9.17) is 0 Å². The number of benzene rings is 1. The fourth-order valence-corrected chi connectivity index (χ4v) is 1.67. The Balaban J connectivity index is 2.89. The predicted octanol–water partition coefficient (Wildman–Crippen LogP) is 1.08. The lowest BCUT2D eigenvalue weighted by Gasteiger charge is -2.00. The van der Waals surface area contributed by atoms with Gasteiger partial charge in [-0.2, -0.15) is 0 Å². The minimum absolute atomic E-state index is 0.00759. The van der Waals surface area contributed by atoms with Crippen molar-refractivity contribution in [2.75, 3.05) is 0 Å². The highest BCUT2D eigenvalue weighted by Gasteiger charge is 2.09. The summed E-state index contributed by atoms with van der Waals surface area (Å²) in [5, 5.41) is 0.644. The van der Waals surface area contributed by atoms with Gasteiger partial charge < -0.3 is 0 Å². The number of rotatable bonds is 1. The first kappa shape index (κ1) is 9.71. The number of carbonyl (C=O) groups is 1. The van der Waals surface area contributed by atoms with Gasteiger partial charge in [0.15, 0.2) is 5.78 Å². The molecular weight excluding hydrogens is 192 g/mol. The van der Waals surface area contributed by atoms with Crippen LogP contribution in [0.2, 0.25) is 0 Å². The first-order chi connectivity index (χ1) is 7.02. The number of ketones is 1. The molecule has 0 fully saturated rings. The van der Waals surface area contributed by atoms with Crippen molar-refractivity contribution in [2.45, 2.75) is 6.92 Å². The fraction of sp³-hybridized carbons (Fsp3) is 0.273. The molecule has 0 saturated heterocycles. The first-order valence-corrected chi connectivity index (χ1v) is 4.69. The largest absolute Gasteiger partial charge is 0.295 e. The Labute approximate surface area is 86.7 Å². The molecule has 0 aliphatic rings. The van der Waals surface area contributed by atoms with Gasteiger partial charge in [0.25, 0.3) is 5.56 Å². The topological polar surface area (TPSA) is 44.0 Å². The quantitative estimate of drug-likeness (QED) is 0.652. The van der Waals surface area contributed by atoms with Crippen LogP contribution in [0.3, 0.4) is 0 Å². The summed E-state index contributed by atoms with van der Waals surface area (Å²) in [5.41, 5.74) is 1.38. The zero-order chi connectivity index (χ0) is 11.2. The Kier molecular flexibility index (Phi) is 2.00. The van der Waals surface area contributed by atoms with Crippen LogP contribution in [0, 0.1) is 0 Å². The van der Waals surface area contributed by atoms with Gasteiger partial charge in [0, 0.05) is 19.7 Å². The standard InChI is InChI=1S/C11H12N2O2/c1-7(14)8-4-5-9-10(6-8)12(2)13(3)11(9)15/h4-6H,1-3H3. The number of hydrogen-bond donors (Lipinski definition) is 0. The highest BCUT2D eigenvalue weighted by Crippen LogP contribution is 2.12. The average Bonchev–Trinajstić information content (AvgIpc) is 2.44. The minimum Gasteiger partial charge on any atom is -0.295 e. The molecule has 0 atom stereocenters. The van der Waals surface area contributed by atoms with Crippen LogP contribution in [-0.4, -0.2) is 15.1 Å². The second-order valence-corrected chi connectivity index (χ2v) is 3.64. The van der Waals surface area contributed by atoms with Crippen molar-refractivity contribution < 1.29 is 4.79 Å². The maximum Gasteiger partial charge on any atom is 0.274 e. The zero-order valence-corrected chi connectivity index (χ0v) is 8.94. The van der Waals surface area contributed by atoms with E-state index in [0.29, 0.717) is 10.9 Å². The number of nitrogens with zero attached hydrogens (tertiary/aromatic N) is 2. The van der Waals surface area contributed by atoms with E-state index in [9.17, 15) is 9.59 Å². The summed E-state index contributed by atoms with van der Waals surface area (Å²) in [6.07, 6.45) is 0. The zero-order valence-electron chi connectivity index (χ0n) is 8.94. The molecule has 0 unspecified atom stereocenters. The Hall–Kier alpha value is -1.84. The molecule has 15 heavy (non-hydrogen) atoms. The number of Topliss-reactive ketones (excluding diaryl/α,β-unsaturated/α-hetero) is 1. The molecule has 0 radical (unpaired) electrons. The van der Waals surface area contributed by atoms with Crippen LogP contribution in [0.5, 0.6) is 0 Å². The van der Waals surface area contributed by atoms with Crippen LogP contribution < -0.4 is 5.56 Å². The summed E-state index contributed by atoms with van der Waals surface area (Å²) in [5.74, 6) is 0.00759. The molecular formula is C11H12N2O2. The molecule has 0 amide bonds. The monoisotopic (exact) mass is 204 g/mol. The summed E-state index contributed by atoms with van der Waals surface area (Å²) in [7, 11) is 3.50. The van der Waals surface area contributed by atoms with E-state index >= 15 is 0 Å². The van der Waals surface area contributed by atoms with Crippen molar-refractivity contribution >= 4 is 16.7 Å². The molecule has 0 N–H and O–H groups in total. The molecule has 0 spiro atoms. The van der Waals surface area contributed by atoms with Crippen molar-refractivity contribution in [3.05, 3.63) is 34.1 Å². The van der Waals surface area contributed by atoms with Gasteiger partial charge in [-0.25, -0.2) is 0 Å².